The van der Waals surface area contributed by atoms with Gasteiger partial charge in [0.05, 0.1) is 37.8 Å². The normalized spacial score (nSPS) is 15.1. The van der Waals surface area contributed by atoms with Crippen molar-refractivity contribution in [2.75, 3.05) is 19.3 Å². The van der Waals surface area contributed by atoms with Crippen LogP contribution < -0.4 is 5.32 Å². The first-order chi connectivity index (χ1) is 11.4. The predicted octanol–water partition coefficient (Wildman–Crippen LogP) is 0.236. The van der Waals surface area contributed by atoms with Crippen LogP contribution in [0, 0.1) is 0 Å². The average Bonchev–Trinajstić information content (AvgIpc) is 3.23. The van der Waals surface area contributed by atoms with Crippen molar-refractivity contribution in [2.45, 2.75) is 6.54 Å². The number of urea groups is 2. The maximum Gasteiger partial charge on any atom is 0.341 e. The molecule has 0 bridgehead atoms. The number of hydrogen-bond acceptors (Lipinski definition) is 7. The van der Waals surface area contributed by atoms with E-state index in [-0.39, 0.29) is 19.6 Å². The fourth-order valence-electron chi connectivity index (χ4n) is 2.17. The van der Waals surface area contributed by atoms with E-state index in [1.54, 1.807) is 10.9 Å². The summed E-state index contributed by atoms with van der Waals surface area (Å²) in [7, 11) is -3.67. The summed E-state index contributed by atoms with van der Waals surface area (Å²) in [4.78, 5) is 24.9. The zero-order chi connectivity index (χ0) is 17.3. The highest BCUT2D eigenvalue weighted by molar-refractivity contribution is 7.88. The highest BCUT2D eigenvalue weighted by atomic mass is 32.2. The van der Waals surface area contributed by atoms with Gasteiger partial charge in [0.15, 0.2) is 0 Å². The first-order valence-electron chi connectivity index (χ1n) is 6.87. The van der Waals surface area contributed by atoms with Crippen LogP contribution in [0.4, 0.5) is 9.59 Å². The van der Waals surface area contributed by atoms with Gasteiger partial charge < -0.3 is 5.32 Å². The van der Waals surface area contributed by atoms with E-state index in [0.29, 0.717) is 10.00 Å². The van der Waals surface area contributed by atoms with E-state index in [0.717, 1.165) is 16.8 Å². The Morgan fingerprint density at radius 2 is 2.21 bits per heavy atom. The number of amides is 4. The minimum atomic E-state index is -3.67. The SMILES string of the molecule is CS(=O)(=O)N1CCN(C(=O)NCc2cn(-c3ccsc3)nn2)C1=O. The number of carbonyl (C=O) groups is 2. The molecule has 0 spiro atoms. The molecule has 0 radical (unpaired) electrons. The number of thiophene rings is 1. The molecule has 0 aliphatic carbocycles. The summed E-state index contributed by atoms with van der Waals surface area (Å²) in [5, 5.41) is 14.2. The van der Waals surface area contributed by atoms with Crippen LogP contribution >= 0.6 is 11.3 Å². The lowest BCUT2D eigenvalue weighted by Crippen LogP contribution is -2.43. The third kappa shape index (κ3) is 3.23. The third-order valence-electron chi connectivity index (χ3n) is 3.35. The van der Waals surface area contributed by atoms with E-state index in [2.05, 4.69) is 15.6 Å². The van der Waals surface area contributed by atoms with Gasteiger partial charge in [-0.25, -0.2) is 31.9 Å². The summed E-state index contributed by atoms with van der Waals surface area (Å²) in [6.07, 6.45) is 2.59. The lowest BCUT2D eigenvalue weighted by molar-refractivity contribution is 0.193. The van der Waals surface area contributed by atoms with Crippen LogP contribution in [0.2, 0.25) is 0 Å². The van der Waals surface area contributed by atoms with Crippen LogP contribution in [0.3, 0.4) is 0 Å². The van der Waals surface area contributed by atoms with Crippen molar-refractivity contribution in [1.29, 1.82) is 0 Å². The van der Waals surface area contributed by atoms with Gasteiger partial charge in [0, 0.05) is 5.38 Å². The zero-order valence-electron chi connectivity index (χ0n) is 12.6. The standard InChI is InChI=1S/C12H14N6O4S2/c1-24(21,22)18-4-3-16(12(18)20)11(19)13-6-9-7-17(15-14-9)10-2-5-23-8-10/h2,5,7-8H,3-4,6H2,1H3,(H,13,19). The molecule has 0 unspecified atom stereocenters. The molecule has 10 nitrogen and oxygen atoms in total. The molecule has 128 valence electrons. The number of aromatic nitrogens is 3. The molecule has 12 heteroatoms. The van der Waals surface area contributed by atoms with Crippen LogP contribution in [0.5, 0.6) is 0 Å². The van der Waals surface area contributed by atoms with Crippen LogP contribution in [-0.4, -0.2) is 64.0 Å². The van der Waals surface area contributed by atoms with Gasteiger partial charge in [0.25, 0.3) is 0 Å². The average molecular weight is 370 g/mol. The minimum absolute atomic E-state index is 0.0132. The Hall–Kier alpha value is -2.47. The van der Waals surface area contributed by atoms with Crippen molar-refractivity contribution in [2.24, 2.45) is 0 Å². The molecule has 3 heterocycles. The highest BCUT2D eigenvalue weighted by Gasteiger charge is 2.38. The quantitative estimate of drug-likeness (QED) is 0.823. The number of imide groups is 1. The van der Waals surface area contributed by atoms with Crippen LogP contribution in [-0.2, 0) is 16.6 Å². The van der Waals surface area contributed by atoms with Gasteiger partial charge in [-0.05, 0) is 11.4 Å². The summed E-state index contributed by atoms with van der Waals surface area (Å²) in [5.41, 5.74) is 1.38. The summed E-state index contributed by atoms with van der Waals surface area (Å²) < 4.78 is 25.1. The number of nitrogens with zero attached hydrogens (tertiary/aromatic N) is 5. The molecule has 0 saturated carbocycles. The first-order valence-corrected chi connectivity index (χ1v) is 9.66. The van der Waals surface area contributed by atoms with Crippen LogP contribution in [0.1, 0.15) is 5.69 Å². The Kier molecular flexibility index (Phi) is 4.24. The van der Waals surface area contributed by atoms with Gasteiger partial charge in [-0.2, -0.15) is 11.3 Å². The van der Waals surface area contributed by atoms with Gasteiger partial charge >= 0.3 is 12.1 Å². The number of sulfonamides is 1. The molecule has 1 saturated heterocycles. The topological polar surface area (TPSA) is 118 Å². The fourth-order valence-corrected chi connectivity index (χ4v) is 3.59. The molecule has 24 heavy (non-hydrogen) atoms. The second-order valence-electron chi connectivity index (χ2n) is 5.06. The van der Waals surface area contributed by atoms with Crippen molar-refractivity contribution < 1.29 is 18.0 Å². The second-order valence-corrected chi connectivity index (χ2v) is 7.75. The number of rotatable bonds is 4. The van der Waals surface area contributed by atoms with Gasteiger partial charge in [-0.3, -0.25) is 0 Å². The smallest absolute Gasteiger partial charge is 0.332 e. The molecule has 4 amide bonds. The van der Waals surface area contributed by atoms with Gasteiger partial charge in [-0.15, -0.1) is 5.10 Å². The minimum Gasteiger partial charge on any atom is -0.332 e. The molecular weight excluding hydrogens is 356 g/mol. The molecule has 1 aliphatic rings. The summed E-state index contributed by atoms with van der Waals surface area (Å²) in [6, 6.07) is 0.359. The molecule has 2 aromatic heterocycles. The molecule has 1 N–H and O–H groups in total. The Morgan fingerprint density at radius 1 is 1.42 bits per heavy atom. The Labute approximate surface area is 141 Å². The molecule has 0 aromatic carbocycles. The summed E-state index contributed by atoms with van der Waals surface area (Å²) in [5.74, 6) is 0. The van der Waals surface area contributed by atoms with E-state index >= 15 is 0 Å². The Morgan fingerprint density at radius 3 is 2.83 bits per heavy atom. The van der Waals surface area contributed by atoms with Crippen LogP contribution in [0.15, 0.2) is 23.0 Å². The molecular formula is C12H14N6O4S2. The first kappa shape index (κ1) is 16.4. The fraction of sp³-hybridized carbons (Fsp3) is 0.333. The Balaban J connectivity index is 1.59. The van der Waals surface area contributed by atoms with E-state index in [1.165, 1.54) is 11.3 Å². The molecule has 3 rings (SSSR count). The molecule has 2 aromatic rings. The van der Waals surface area contributed by atoms with E-state index < -0.39 is 22.1 Å². The van der Waals surface area contributed by atoms with E-state index in [1.807, 2.05) is 16.8 Å². The van der Waals surface area contributed by atoms with Gasteiger partial charge in [0.1, 0.15) is 5.69 Å². The lowest BCUT2D eigenvalue weighted by Gasteiger charge is -2.15. The second kappa shape index (κ2) is 6.20. The molecule has 1 aliphatic heterocycles. The maximum absolute atomic E-state index is 12.1. The van der Waals surface area contributed by atoms with E-state index in [9.17, 15) is 18.0 Å². The molecule has 1 fully saturated rings. The predicted molar refractivity (Wildman–Crippen MR) is 85.1 cm³/mol. The van der Waals surface area contributed by atoms with Gasteiger partial charge in [0.2, 0.25) is 10.0 Å². The van der Waals surface area contributed by atoms with Gasteiger partial charge in [-0.1, -0.05) is 5.21 Å². The Bertz CT molecular complexity index is 860. The van der Waals surface area contributed by atoms with Crippen LogP contribution in [0.25, 0.3) is 5.69 Å². The van der Waals surface area contributed by atoms with Crippen molar-refractivity contribution in [3.05, 3.63) is 28.7 Å². The van der Waals surface area contributed by atoms with Crippen molar-refractivity contribution >= 4 is 33.4 Å². The summed E-state index contributed by atoms with van der Waals surface area (Å²) in [6.45, 7) is 0.0460. The maximum atomic E-state index is 12.1. The number of nitrogens with one attached hydrogen (secondary N) is 1. The third-order valence-corrected chi connectivity index (χ3v) is 5.16. The van der Waals surface area contributed by atoms with Crippen molar-refractivity contribution in [3.8, 4) is 5.69 Å². The largest absolute Gasteiger partial charge is 0.341 e. The summed E-state index contributed by atoms with van der Waals surface area (Å²) >= 11 is 1.52. The monoisotopic (exact) mass is 370 g/mol. The van der Waals surface area contributed by atoms with Crippen molar-refractivity contribution in [3.63, 3.8) is 0 Å². The molecule has 0 atom stereocenters. The lowest BCUT2D eigenvalue weighted by atomic mass is 10.4. The van der Waals surface area contributed by atoms with Crippen molar-refractivity contribution in [1.82, 2.24) is 29.5 Å². The number of hydrogen-bond donors (Lipinski definition) is 1. The number of carbonyl (C=O) groups excluding carboxylic acids is 2. The highest BCUT2D eigenvalue weighted by Crippen LogP contribution is 2.13. The zero-order valence-corrected chi connectivity index (χ0v) is 14.2. The van der Waals surface area contributed by atoms with E-state index in [4.69, 9.17) is 0 Å².